The minimum Gasteiger partial charge on any atom is -0.384 e. The van der Waals surface area contributed by atoms with E-state index in [2.05, 4.69) is 22.1 Å². The number of nitrogen functional groups attached to an aromatic ring is 1. The molecule has 2 aromatic rings. The highest BCUT2D eigenvalue weighted by Gasteiger charge is 2.20. The summed E-state index contributed by atoms with van der Waals surface area (Å²) in [6.07, 6.45) is 2.23. The standard InChI is InChI=1S/C16H23N5O3S3/c1-4-5-6-25-15-19-20-16(27-15)26-8-10(22)11-12(17)21(7-9(2)3)14(24)18-13(11)23/h9H,4-8,17H2,1-3H3,(H,18,23,24). The number of unbranched alkanes of at least 4 members (excludes halogenated alkanes) is 1. The fraction of sp³-hybridized carbons (Fsp3) is 0.562. The molecule has 0 aliphatic rings. The third kappa shape index (κ3) is 5.94. The summed E-state index contributed by atoms with van der Waals surface area (Å²) in [4.78, 5) is 38.8. The fourth-order valence-electron chi connectivity index (χ4n) is 2.22. The molecule has 0 bridgehead atoms. The molecule has 148 valence electrons. The first-order chi connectivity index (χ1) is 12.8. The summed E-state index contributed by atoms with van der Waals surface area (Å²) in [5.74, 6) is 0.598. The van der Waals surface area contributed by atoms with E-state index >= 15 is 0 Å². The predicted molar refractivity (Wildman–Crippen MR) is 111 cm³/mol. The number of thioether (sulfide) groups is 2. The van der Waals surface area contributed by atoms with Crippen molar-refractivity contribution >= 4 is 46.5 Å². The van der Waals surface area contributed by atoms with E-state index in [1.54, 1.807) is 11.8 Å². The van der Waals surface area contributed by atoms with Crippen LogP contribution in [0.3, 0.4) is 0 Å². The molecule has 2 heterocycles. The third-order valence-electron chi connectivity index (χ3n) is 3.50. The normalized spacial score (nSPS) is 11.3. The SMILES string of the molecule is CCCCSc1nnc(SCC(=O)c2c(N)n(CC(C)C)c(=O)[nH]c2=O)s1. The van der Waals surface area contributed by atoms with Gasteiger partial charge >= 0.3 is 5.69 Å². The van der Waals surface area contributed by atoms with Crippen LogP contribution in [0.5, 0.6) is 0 Å². The molecule has 0 unspecified atom stereocenters. The average molecular weight is 430 g/mol. The minimum absolute atomic E-state index is 0.00141. The van der Waals surface area contributed by atoms with Crippen LogP contribution in [0.25, 0.3) is 0 Å². The minimum atomic E-state index is -0.754. The van der Waals surface area contributed by atoms with Crippen molar-refractivity contribution in [3.8, 4) is 0 Å². The van der Waals surface area contributed by atoms with E-state index in [1.807, 2.05) is 13.8 Å². The van der Waals surface area contributed by atoms with Crippen molar-refractivity contribution in [2.45, 2.75) is 48.8 Å². The number of hydrogen-bond acceptors (Lipinski definition) is 9. The van der Waals surface area contributed by atoms with Crippen molar-refractivity contribution in [2.75, 3.05) is 17.2 Å². The Hall–Kier alpha value is -1.59. The predicted octanol–water partition coefficient (Wildman–Crippen LogP) is 2.49. The molecule has 0 aliphatic carbocycles. The van der Waals surface area contributed by atoms with Crippen LogP contribution in [0.4, 0.5) is 5.82 Å². The van der Waals surface area contributed by atoms with Crippen molar-refractivity contribution in [3.63, 3.8) is 0 Å². The molecule has 27 heavy (non-hydrogen) atoms. The summed E-state index contributed by atoms with van der Waals surface area (Å²) in [5.41, 5.74) is 4.43. The van der Waals surface area contributed by atoms with Crippen LogP contribution < -0.4 is 17.0 Å². The number of hydrogen-bond donors (Lipinski definition) is 2. The van der Waals surface area contributed by atoms with Crippen LogP contribution in [-0.2, 0) is 6.54 Å². The lowest BCUT2D eigenvalue weighted by molar-refractivity contribution is 0.102. The summed E-state index contributed by atoms with van der Waals surface area (Å²) in [5, 5.41) is 8.16. The van der Waals surface area contributed by atoms with Gasteiger partial charge in [0.1, 0.15) is 11.4 Å². The van der Waals surface area contributed by atoms with E-state index < -0.39 is 17.0 Å². The molecular weight excluding hydrogens is 406 g/mol. The molecule has 0 aliphatic heterocycles. The van der Waals surface area contributed by atoms with E-state index in [4.69, 9.17) is 5.73 Å². The Kier molecular flexibility index (Phi) is 8.11. The Morgan fingerprint density at radius 2 is 1.93 bits per heavy atom. The lowest BCUT2D eigenvalue weighted by atomic mass is 10.2. The summed E-state index contributed by atoms with van der Waals surface area (Å²) < 4.78 is 2.76. The molecule has 0 atom stereocenters. The van der Waals surface area contributed by atoms with Gasteiger partial charge in [-0.1, -0.05) is 62.1 Å². The number of nitrogens with zero attached hydrogens (tertiary/aromatic N) is 3. The number of rotatable bonds is 10. The van der Waals surface area contributed by atoms with Gasteiger partial charge in [0.05, 0.1) is 5.75 Å². The number of Topliss-reactive ketones (excluding diaryl/α,β-unsaturated/α-hetero) is 1. The number of carbonyl (C=O) groups is 1. The van der Waals surface area contributed by atoms with E-state index in [9.17, 15) is 14.4 Å². The molecule has 0 saturated heterocycles. The molecule has 8 nitrogen and oxygen atoms in total. The van der Waals surface area contributed by atoms with E-state index in [1.165, 1.54) is 27.7 Å². The first-order valence-corrected chi connectivity index (χ1v) is 11.4. The molecule has 0 fully saturated rings. The van der Waals surface area contributed by atoms with Crippen molar-refractivity contribution in [1.82, 2.24) is 19.7 Å². The Morgan fingerprint density at radius 1 is 1.26 bits per heavy atom. The molecule has 2 aromatic heterocycles. The second-order valence-corrected chi connectivity index (χ2v) is 9.81. The Bertz CT molecular complexity index is 903. The second kappa shape index (κ2) is 10.1. The first kappa shape index (κ1) is 21.7. The zero-order valence-corrected chi connectivity index (χ0v) is 17.9. The van der Waals surface area contributed by atoms with Crippen molar-refractivity contribution in [1.29, 1.82) is 0 Å². The van der Waals surface area contributed by atoms with Crippen LogP contribution in [0.1, 0.15) is 44.0 Å². The largest absolute Gasteiger partial charge is 0.384 e. The molecular formula is C16H23N5O3S3. The van der Waals surface area contributed by atoms with Crippen LogP contribution in [0, 0.1) is 5.92 Å². The smallest absolute Gasteiger partial charge is 0.329 e. The molecule has 0 spiro atoms. The maximum absolute atomic E-state index is 12.5. The highest BCUT2D eigenvalue weighted by atomic mass is 32.2. The van der Waals surface area contributed by atoms with Crippen molar-refractivity contribution in [3.05, 3.63) is 26.4 Å². The number of carbonyl (C=O) groups excluding carboxylic acids is 1. The van der Waals surface area contributed by atoms with Crippen LogP contribution in [0.15, 0.2) is 18.3 Å². The summed E-state index contributed by atoms with van der Waals surface area (Å²) in [6.45, 7) is 6.29. The highest BCUT2D eigenvalue weighted by molar-refractivity contribution is 8.03. The maximum Gasteiger partial charge on any atom is 0.329 e. The van der Waals surface area contributed by atoms with Gasteiger partial charge in [0.2, 0.25) is 0 Å². The Labute approximate surface area is 169 Å². The van der Waals surface area contributed by atoms with Crippen LogP contribution in [0.2, 0.25) is 0 Å². The first-order valence-electron chi connectivity index (χ1n) is 8.58. The van der Waals surface area contributed by atoms with E-state index in [0.717, 1.165) is 22.9 Å². The highest BCUT2D eigenvalue weighted by Crippen LogP contribution is 2.29. The molecule has 0 radical (unpaired) electrons. The van der Waals surface area contributed by atoms with Gasteiger partial charge < -0.3 is 5.73 Å². The van der Waals surface area contributed by atoms with Crippen molar-refractivity contribution < 1.29 is 4.79 Å². The molecule has 11 heteroatoms. The summed E-state index contributed by atoms with van der Waals surface area (Å²) in [7, 11) is 0. The van der Waals surface area contributed by atoms with Gasteiger partial charge in [0.25, 0.3) is 5.56 Å². The number of anilines is 1. The van der Waals surface area contributed by atoms with Crippen molar-refractivity contribution in [2.24, 2.45) is 5.92 Å². The second-order valence-electron chi connectivity index (χ2n) is 6.27. The lowest BCUT2D eigenvalue weighted by Gasteiger charge is -2.13. The van der Waals surface area contributed by atoms with Gasteiger partial charge in [-0.05, 0) is 12.3 Å². The van der Waals surface area contributed by atoms with Gasteiger partial charge in [-0.3, -0.25) is 19.1 Å². The van der Waals surface area contributed by atoms with Gasteiger partial charge in [-0.15, -0.1) is 10.2 Å². The monoisotopic (exact) mass is 429 g/mol. The lowest BCUT2D eigenvalue weighted by Crippen LogP contribution is -2.37. The fourth-order valence-corrected chi connectivity index (χ4v) is 5.27. The molecule has 0 saturated carbocycles. The van der Waals surface area contributed by atoms with Gasteiger partial charge in [0, 0.05) is 12.3 Å². The molecule has 2 rings (SSSR count). The number of nitrogens with two attached hydrogens (primary N) is 1. The molecule has 0 amide bonds. The van der Waals surface area contributed by atoms with Crippen LogP contribution in [-0.4, -0.2) is 37.0 Å². The zero-order chi connectivity index (χ0) is 20.0. The quantitative estimate of drug-likeness (QED) is 0.335. The average Bonchev–Trinajstić information content (AvgIpc) is 3.04. The topological polar surface area (TPSA) is 124 Å². The molecule has 0 aromatic carbocycles. The Morgan fingerprint density at radius 3 is 2.56 bits per heavy atom. The number of nitrogens with one attached hydrogen (secondary N) is 1. The number of H-pyrrole nitrogens is 1. The number of aromatic nitrogens is 4. The summed E-state index contributed by atoms with van der Waals surface area (Å²) in [6, 6.07) is 0. The zero-order valence-electron chi connectivity index (χ0n) is 15.5. The third-order valence-corrected chi connectivity index (χ3v) is 6.78. The maximum atomic E-state index is 12.5. The van der Waals surface area contributed by atoms with Crippen LogP contribution >= 0.6 is 34.9 Å². The van der Waals surface area contributed by atoms with E-state index in [0.29, 0.717) is 10.9 Å². The van der Waals surface area contributed by atoms with E-state index in [-0.39, 0.29) is 23.1 Å². The Balaban J connectivity index is 2.10. The summed E-state index contributed by atoms with van der Waals surface area (Å²) >= 11 is 4.28. The van der Waals surface area contributed by atoms with Gasteiger partial charge in [0.15, 0.2) is 14.5 Å². The van der Waals surface area contributed by atoms with Gasteiger partial charge in [-0.2, -0.15) is 0 Å². The molecule has 3 N–H and O–H groups in total. The van der Waals surface area contributed by atoms with Gasteiger partial charge in [-0.25, -0.2) is 4.79 Å². The number of aromatic amines is 1. The number of ketones is 1.